The van der Waals surface area contributed by atoms with E-state index in [0.29, 0.717) is 41.3 Å². The first kappa shape index (κ1) is 23.9. The second kappa shape index (κ2) is 10.2. The summed E-state index contributed by atoms with van der Waals surface area (Å²) in [7, 11) is 0. The number of nitrogens with two attached hydrogens (primary N) is 1. The molecule has 2 heterocycles. The maximum atomic E-state index is 12.6. The monoisotopic (exact) mass is 517 g/mol. The number of nitrogen functional groups attached to an aromatic ring is 1. The fraction of sp³-hybridized carbons (Fsp3) is 0.250. The number of hydrogen-bond donors (Lipinski definition) is 2. The average molecular weight is 519 g/mol. The number of amides is 1. The molecule has 2 aromatic rings. The molecule has 3 rings (SSSR count). The van der Waals surface area contributed by atoms with Crippen LogP contribution in [0.25, 0.3) is 6.08 Å². The van der Waals surface area contributed by atoms with Crippen molar-refractivity contribution in [3.63, 3.8) is 0 Å². The summed E-state index contributed by atoms with van der Waals surface area (Å²) in [6.07, 6.45) is 2.72. The number of carbonyl (C=O) groups is 1. The van der Waals surface area contributed by atoms with Gasteiger partial charge in [-0.05, 0) is 54.5 Å². The van der Waals surface area contributed by atoms with Crippen molar-refractivity contribution in [2.45, 2.75) is 16.4 Å². The molecule has 1 saturated heterocycles. The Kier molecular flexibility index (Phi) is 7.88. The normalized spacial score (nSPS) is 15.9. The van der Waals surface area contributed by atoms with Crippen LogP contribution in [0.5, 0.6) is 0 Å². The van der Waals surface area contributed by atoms with Gasteiger partial charge in [-0.25, -0.2) is 4.98 Å². The zero-order chi connectivity index (χ0) is 22.6. The zero-order valence-corrected chi connectivity index (χ0v) is 20.0. The molecule has 31 heavy (non-hydrogen) atoms. The summed E-state index contributed by atoms with van der Waals surface area (Å²) in [5, 5.41) is 3.46. The van der Waals surface area contributed by atoms with Gasteiger partial charge in [-0.1, -0.05) is 64.6 Å². The largest absolute Gasteiger partial charge is 0.399 e. The summed E-state index contributed by atoms with van der Waals surface area (Å²) in [5.74, 6) is 0.147. The first-order valence-corrected chi connectivity index (χ1v) is 11.2. The highest BCUT2D eigenvalue weighted by Crippen LogP contribution is 2.34. The fourth-order valence-electron chi connectivity index (χ4n) is 3.04. The van der Waals surface area contributed by atoms with Crippen LogP contribution in [0, 0.1) is 0 Å². The Morgan fingerprint density at radius 3 is 2.55 bits per heavy atom. The van der Waals surface area contributed by atoms with Gasteiger partial charge < -0.3 is 20.9 Å². The molecule has 1 fully saturated rings. The van der Waals surface area contributed by atoms with Crippen molar-refractivity contribution in [3.05, 3.63) is 59.3 Å². The Morgan fingerprint density at radius 2 is 1.90 bits per heavy atom. The van der Waals surface area contributed by atoms with Gasteiger partial charge in [-0.15, -0.1) is 0 Å². The SMILES string of the molecule is Nc1ccc(/C=C/C(=O)NC(N2CCCN(c3cccc(Cl)n3)C2=S)C(Cl)(Cl)Cl)cc1. The number of benzene rings is 1. The van der Waals surface area contributed by atoms with Crippen LogP contribution in [0.2, 0.25) is 5.15 Å². The molecule has 0 spiro atoms. The highest BCUT2D eigenvalue weighted by atomic mass is 35.6. The number of alkyl halides is 3. The van der Waals surface area contributed by atoms with Crippen molar-refractivity contribution in [1.29, 1.82) is 0 Å². The third kappa shape index (κ3) is 6.37. The van der Waals surface area contributed by atoms with E-state index in [1.807, 2.05) is 0 Å². The van der Waals surface area contributed by atoms with E-state index in [1.54, 1.807) is 58.3 Å². The van der Waals surface area contributed by atoms with E-state index < -0.39 is 15.9 Å². The zero-order valence-electron chi connectivity index (χ0n) is 16.1. The minimum atomic E-state index is -1.83. The average Bonchev–Trinajstić information content (AvgIpc) is 2.71. The number of nitrogens with one attached hydrogen (secondary N) is 1. The topological polar surface area (TPSA) is 74.5 Å². The highest BCUT2D eigenvalue weighted by molar-refractivity contribution is 7.80. The molecule has 0 bridgehead atoms. The van der Waals surface area contributed by atoms with Gasteiger partial charge in [0.2, 0.25) is 9.70 Å². The van der Waals surface area contributed by atoms with Crippen LogP contribution >= 0.6 is 58.6 Å². The van der Waals surface area contributed by atoms with Crippen molar-refractivity contribution in [1.82, 2.24) is 15.2 Å². The Balaban J connectivity index is 1.77. The predicted octanol–water partition coefficient (Wildman–Crippen LogP) is 4.64. The van der Waals surface area contributed by atoms with E-state index in [-0.39, 0.29) is 0 Å². The summed E-state index contributed by atoms with van der Waals surface area (Å²) < 4.78 is -1.83. The minimum absolute atomic E-state index is 0.344. The molecule has 0 radical (unpaired) electrons. The van der Waals surface area contributed by atoms with Crippen LogP contribution in [-0.2, 0) is 4.79 Å². The number of nitrogens with zero attached hydrogens (tertiary/aromatic N) is 3. The first-order chi connectivity index (χ1) is 14.6. The minimum Gasteiger partial charge on any atom is -0.399 e. The molecule has 0 saturated carbocycles. The van der Waals surface area contributed by atoms with Crippen molar-refractivity contribution in [2.75, 3.05) is 23.7 Å². The van der Waals surface area contributed by atoms with Gasteiger partial charge in [-0.3, -0.25) is 4.79 Å². The lowest BCUT2D eigenvalue weighted by atomic mass is 10.2. The molecule has 1 aliphatic heterocycles. The van der Waals surface area contributed by atoms with Gasteiger partial charge in [-0.2, -0.15) is 0 Å². The summed E-state index contributed by atoms with van der Waals surface area (Å²) in [6, 6.07) is 12.3. The Bertz CT molecular complexity index is 980. The van der Waals surface area contributed by atoms with Gasteiger partial charge in [0.05, 0.1) is 0 Å². The predicted molar refractivity (Wildman–Crippen MR) is 133 cm³/mol. The molecule has 3 N–H and O–H groups in total. The molecule has 1 aromatic carbocycles. The molecule has 6 nitrogen and oxygen atoms in total. The number of anilines is 2. The van der Waals surface area contributed by atoms with Gasteiger partial charge in [0.1, 0.15) is 11.0 Å². The lowest BCUT2D eigenvalue weighted by Crippen LogP contribution is -2.62. The fourth-order valence-corrected chi connectivity index (χ4v) is 4.10. The molecule has 0 aliphatic carbocycles. The number of carbonyl (C=O) groups excluding carboxylic acids is 1. The van der Waals surface area contributed by atoms with Crippen molar-refractivity contribution < 1.29 is 4.79 Å². The van der Waals surface area contributed by atoms with Crippen molar-refractivity contribution in [2.24, 2.45) is 0 Å². The smallest absolute Gasteiger partial charge is 0.245 e. The number of aromatic nitrogens is 1. The lowest BCUT2D eigenvalue weighted by Gasteiger charge is -2.44. The molecule has 1 aromatic heterocycles. The number of pyridine rings is 1. The van der Waals surface area contributed by atoms with E-state index in [4.69, 9.17) is 64.4 Å². The van der Waals surface area contributed by atoms with Crippen LogP contribution in [0.4, 0.5) is 11.5 Å². The van der Waals surface area contributed by atoms with Gasteiger partial charge in [0.25, 0.3) is 0 Å². The van der Waals surface area contributed by atoms with E-state index >= 15 is 0 Å². The number of hydrogen-bond acceptors (Lipinski definition) is 4. The van der Waals surface area contributed by atoms with E-state index in [1.165, 1.54) is 6.08 Å². The van der Waals surface area contributed by atoms with Crippen LogP contribution in [-0.4, -0.2) is 44.0 Å². The quantitative estimate of drug-likeness (QED) is 0.197. The summed E-state index contributed by atoms with van der Waals surface area (Å²) in [6.45, 7) is 1.12. The van der Waals surface area contributed by atoms with E-state index in [0.717, 1.165) is 5.56 Å². The van der Waals surface area contributed by atoms with Crippen molar-refractivity contribution in [3.8, 4) is 0 Å². The molecular weight excluding hydrogens is 500 g/mol. The second-order valence-corrected chi connectivity index (χ2v) is 9.87. The Labute approximate surface area is 205 Å². The number of thiocarbonyl (C=S) groups is 1. The Morgan fingerprint density at radius 1 is 1.19 bits per heavy atom. The van der Waals surface area contributed by atoms with Crippen molar-refractivity contribution >= 4 is 87.2 Å². The summed E-state index contributed by atoms with van der Waals surface area (Å²) in [5.41, 5.74) is 7.11. The molecule has 1 unspecified atom stereocenters. The Hall–Kier alpha value is -1.77. The third-order valence-electron chi connectivity index (χ3n) is 4.50. The van der Waals surface area contributed by atoms with E-state index in [2.05, 4.69) is 10.3 Å². The maximum absolute atomic E-state index is 12.6. The van der Waals surface area contributed by atoms with Crippen LogP contribution < -0.4 is 16.0 Å². The van der Waals surface area contributed by atoms with E-state index in [9.17, 15) is 4.79 Å². The highest BCUT2D eigenvalue weighted by Gasteiger charge is 2.42. The third-order valence-corrected chi connectivity index (χ3v) is 5.78. The lowest BCUT2D eigenvalue weighted by molar-refractivity contribution is -0.117. The van der Waals surface area contributed by atoms with Gasteiger partial charge in [0.15, 0.2) is 11.3 Å². The number of halogens is 4. The molecule has 164 valence electrons. The van der Waals surface area contributed by atoms with Crippen LogP contribution in [0.15, 0.2) is 48.5 Å². The maximum Gasteiger partial charge on any atom is 0.245 e. The number of rotatable bonds is 5. The molecule has 1 atom stereocenters. The summed E-state index contributed by atoms with van der Waals surface area (Å²) >= 11 is 30.3. The second-order valence-electron chi connectivity index (χ2n) is 6.75. The standard InChI is InChI=1S/C20H19Cl4N5OS/c21-15-3-1-4-16(26-15)28-11-2-12-29(19(28)31)18(20(22,23)24)27-17(30)10-7-13-5-8-14(25)9-6-13/h1,3-10,18H,2,11-12,25H2,(H,27,30)/b10-7+. The first-order valence-electron chi connectivity index (χ1n) is 9.26. The molecule has 11 heteroatoms. The molecule has 1 aliphatic rings. The molecular formula is C20H19Cl4N5OS. The van der Waals surface area contributed by atoms with Crippen LogP contribution in [0.3, 0.4) is 0 Å². The summed E-state index contributed by atoms with van der Waals surface area (Å²) in [4.78, 5) is 20.3. The molecule has 1 amide bonds. The van der Waals surface area contributed by atoms with Gasteiger partial charge >= 0.3 is 0 Å². The van der Waals surface area contributed by atoms with Gasteiger partial charge in [0, 0.05) is 24.9 Å². The van der Waals surface area contributed by atoms with Crippen LogP contribution in [0.1, 0.15) is 12.0 Å².